The van der Waals surface area contributed by atoms with E-state index < -0.39 is 0 Å². The largest absolute Gasteiger partial charge is 0.369 e. The molecule has 0 aliphatic rings. The van der Waals surface area contributed by atoms with Crippen molar-refractivity contribution < 1.29 is 4.79 Å². The van der Waals surface area contributed by atoms with Crippen LogP contribution in [-0.2, 0) is 17.8 Å². The Hall–Kier alpha value is -2.57. The first kappa shape index (κ1) is 17.3. The Labute approximate surface area is 151 Å². The molecule has 1 amide bonds. The van der Waals surface area contributed by atoms with Gasteiger partial charge in [0, 0.05) is 6.54 Å². The van der Waals surface area contributed by atoms with E-state index in [-0.39, 0.29) is 11.8 Å². The van der Waals surface area contributed by atoms with Crippen molar-refractivity contribution in [3.8, 4) is 0 Å². The van der Waals surface area contributed by atoms with Crippen molar-refractivity contribution in [2.24, 2.45) is 5.73 Å². The molecule has 2 aromatic carbocycles. The second-order valence-electron chi connectivity index (χ2n) is 5.73. The summed E-state index contributed by atoms with van der Waals surface area (Å²) >= 11 is 1.49. The Bertz CT molecular complexity index is 805. The molecule has 3 aromatic rings. The summed E-state index contributed by atoms with van der Waals surface area (Å²) in [6, 6.07) is 17.9. The summed E-state index contributed by atoms with van der Waals surface area (Å²) in [6.07, 6.45) is 4.01. The molecule has 25 heavy (non-hydrogen) atoms. The van der Waals surface area contributed by atoms with Crippen LogP contribution in [0.5, 0.6) is 0 Å². The Balaban J connectivity index is 1.68. The van der Waals surface area contributed by atoms with Crippen LogP contribution in [0.1, 0.15) is 22.6 Å². The van der Waals surface area contributed by atoms with Gasteiger partial charge in [-0.3, -0.25) is 9.52 Å². The fraction of sp³-hybridized carbons (Fsp3) is 0.158. The van der Waals surface area contributed by atoms with E-state index in [9.17, 15) is 4.79 Å². The molecule has 128 valence electrons. The van der Waals surface area contributed by atoms with E-state index in [1.807, 2.05) is 54.6 Å². The number of primary amides is 1. The van der Waals surface area contributed by atoms with Crippen LogP contribution in [0.3, 0.4) is 0 Å². The SMILES string of the molecule is NC(=O)C(Cc1ccccc1)c1cccc(CNSc2cnc[nH]2)c1. The fourth-order valence-electron chi connectivity index (χ4n) is 2.65. The highest BCUT2D eigenvalue weighted by atomic mass is 32.2. The average Bonchev–Trinajstić information content (AvgIpc) is 3.14. The lowest BCUT2D eigenvalue weighted by Gasteiger charge is -2.15. The van der Waals surface area contributed by atoms with Crippen molar-refractivity contribution in [1.82, 2.24) is 14.7 Å². The molecule has 0 saturated heterocycles. The summed E-state index contributed by atoms with van der Waals surface area (Å²) in [5, 5.41) is 0.954. The molecule has 0 radical (unpaired) electrons. The summed E-state index contributed by atoms with van der Waals surface area (Å²) in [5.41, 5.74) is 8.81. The maximum Gasteiger partial charge on any atom is 0.225 e. The van der Waals surface area contributed by atoms with E-state index in [0.717, 1.165) is 21.7 Å². The first-order valence-electron chi connectivity index (χ1n) is 8.02. The van der Waals surface area contributed by atoms with Gasteiger partial charge >= 0.3 is 0 Å². The number of imidazole rings is 1. The molecule has 1 unspecified atom stereocenters. The van der Waals surface area contributed by atoms with Gasteiger partial charge < -0.3 is 10.7 Å². The fourth-order valence-corrected chi connectivity index (χ4v) is 3.27. The zero-order valence-electron chi connectivity index (χ0n) is 13.7. The van der Waals surface area contributed by atoms with E-state index in [2.05, 4.69) is 14.7 Å². The van der Waals surface area contributed by atoms with Crippen molar-refractivity contribution in [3.05, 3.63) is 83.8 Å². The van der Waals surface area contributed by atoms with E-state index >= 15 is 0 Å². The predicted molar refractivity (Wildman–Crippen MR) is 99.8 cm³/mol. The van der Waals surface area contributed by atoms with Crippen LogP contribution in [0.2, 0.25) is 0 Å². The third-order valence-electron chi connectivity index (χ3n) is 3.91. The number of nitrogens with zero attached hydrogens (tertiary/aromatic N) is 1. The van der Waals surface area contributed by atoms with Crippen LogP contribution in [-0.4, -0.2) is 15.9 Å². The zero-order chi connectivity index (χ0) is 17.5. The monoisotopic (exact) mass is 352 g/mol. The van der Waals surface area contributed by atoms with Crippen molar-refractivity contribution >= 4 is 17.9 Å². The van der Waals surface area contributed by atoms with Crippen molar-refractivity contribution in [2.75, 3.05) is 0 Å². The summed E-state index contributed by atoms with van der Waals surface area (Å²) in [6.45, 7) is 0.675. The van der Waals surface area contributed by atoms with Crippen LogP contribution < -0.4 is 10.5 Å². The summed E-state index contributed by atoms with van der Waals surface area (Å²) in [5.74, 6) is -0.636. The quantitative estimate of drug-likeness (QED) is 0.544. The standard InChI is InChI=1S/C19H20N4OS/c20-19(24)17(10-14-5-2-1-3-6-14)16-8-4-7-15(9-16)11-23-25-18-12-21-13-22-18/h1-9,12-13,17,23H,10-11H2,(H2,20,24)(H,21,22). The first-order chi connectivity index (χ1) is 12.2. The van der Waals surface area contributed by atoms with Crippen molar-refractivity contribution in [1.29, 1.82) is 0 Å². The van der Waals surface area contributed by atoms with E-state index in [0.29, 0.717) is 13.0 Å². The van der Waals surface area contributed by atoms with Gasteiger partial charge in [-0.05, 0) is 35.1 Å². The summed E-state index contributed by atoms with van der Waals surface area (Å²) in [4.78, 5) is 19.0. The normalized spacial score (nSPS) is 12.0. The highest BCUT2D eigenvalue weighted by Crippen LogP contribution is 2.22. The van der Waals surface area contributed by atoms with Crippen LogP contribution in [0.25, 0.3) is 0 Å². The maximum absolute atomic E-state index is 12.0. The molecule has 0 saturated carbocycles. The molecule has 6 heteroatoms. The number of nitrogens with one attached hydrogen (secondary N) is 2. The minimum Gasteiger partial charge on any atom is -0.369 e. The Morgan fingerprint density at radius 1 is 1.16 bits per heavy atom. The molecule has 1 atom stereocenters. The van der Waals surface area contributed by atoms with Gasteiger partial charge in [-0.1, -0.05) is 54.6 Å². The summed E-state index contributed by atoms with van der Waals surface area (Å²) < 4.78 is 3.28. The number of H-pyrrole nitrogens is 1. The van der Waals surface area contributed by atoms with Crippen LogP contribution in [0, 0.1) is 0 Å². The molecule has 0 fully saturated rings. The molecular weight excluding hydrogens is 332 g/mol. The lowest BCUT2D eigenvalue weighted by Crippen LogP contribution is -2.23. The number of rotatable bonds is 8. The van der Waals surface area contributed by atoms with E-state index in [1.165, 1.54) is 11.9 Å². The lowest BCUT2D eigenvalue weighted by molar-refractivity contribution is -0.119. The number of carbonyl (C=O) groups excluding carboxylic acids is 1. The van der Waals surface area contributed by atoms with Gasteiger partial charge in [0.2, 0.25) is 5.91 Å². The van der Waals surface area contributed by atoms with Gasteiger partial charge in [0.25, 0.3) is 0 Å². The minimum atomic E-state index is -0.331. The molecule has 0 aliphatic carbocycles. The van der Waals surface area contributed by atoms with Crippen molar-refractivity contribution in [3.63, 3.8) is 0 Å². The zero-order valence-corrected chi connectivity index (χ0v) is 14.5. The molecule has 3 rings (SSSR count). The van der Waals surface area contributed by atoms with E-state index in [4.69, 9.17) is 5.73 Å². The first-order valence-corrected chi connectivity index (χ1v) is 8.84. The number of amides is 1. The van der Waals surface area contributed by atoms with Crippen molar-refractivity contribution in [2.45, 2.75) is 23.9 Å². The number of aromatic amines is 1. The van der Waals surface area contributed by atoms with Crippen LogP contribution >= 0.6 is 11.9 Å². The highest BCUT2D eigenvalue weighted by Gasteiger charge is 2.18. The lowest BCUT2D eigenvalue weighted by atomic mass is 9.90. The molecule has 5 nitrogen and oxygen atoms in total. The van der Waals surface area contributed by atoms with Crippen LogP contribution in [0.15, 0.2) is 72.1 Å². The van der Waals surface area contributed by atoms with Gasteiger partial charge in [-0.15, -0.1) is 0 Å². The van der Waals surface area contributed by atoms with Gasteiger partial charge in [0.05, 0.1) is 18.4 Å². The third-order valence-corrected chi connectivity index (χ3v) is 4.64. The van der Waals surface area contributed by atoms with Crippen LogP contribution in [0.4, 0.5) is 0 Å². The number of hydrogen-bond donors (Lipinski definition) is 3. The topological polar surface area (TPSA) is 83.8 Å². The van der Waals surface area contributed by atoms with Gasteiger partial charge in [-0.25, -0.2) is 4.98 Å². The summed E-state index contributed by atoms with van der Waals surface area (Å²) in [7, 11) is 0. The van der Waals surface area contributed by atoms with Gasteiger partial charge in [-0.2, -0.15) is 0 Å². The minimum absolute atomic E-state index is 0.305. The molecular formula is C19H20N4OS. The van der Waals surface area contributed by atoms with Gasteiger partial charge in [0.1, 0.15) is 5.03 Å². The molecule has 0 bridgehead atoms. The Kier molecular flexibility index (Phi) is 5.87. The smallest absolute Gasteiger partial charge is 0.225 e. The van der Waals surface area contributed by atoms with Gasteiger partial charge in [0.15, 0.2) is 0 Å². The maximum atomic E-state index is 12.0. The average molecular weight is 352 g/mol. The predicted octanol–water partition coefficient (Wildman–Crippen LogP) is 3.02. The number of aromatic nitrogens is 2. The second-order valence-corrected chi connectivity index (χ2v) is 6.66. The third kappa shape index (κ3) is 4.95. The number of nitrogens with two attached hydrogens (primary N) is 1. The van der Waals surface area contributed by atoms with E-state index in [1.54, 1.807) is 12.5 Å². The number of benzene rings is 2. The Morgan fingerprint density at radius 3 is 2.68 bits per heavy atom. The molecule has 1 heterocycles. The molecule has 0 aliphatic heterocycles. The second kappa shape index (κ2) is 8.50. The number of carbonyl (C=O) groups is 1. The molecule has 4 N–H and O–H groups in total. The molecule has 1 aromatic heterocycles. The Morgan fingerprint density at radius 2 is 1.96 bits per heavy atom. The highest BCUT2D eigenvalue weighted by molar-refractivity contribution is 7.97. The molecule has 0 spiro atoms. The number of hydrogen-bond acceptors (Lipinski definition) is 4.